The average Bonchev–Trinajstić information content (AvgIpc) is 3.39. The fourth-order valence-electron chi connectivity index (χ4n) is 3.77. The molecule has 29 heavy (non-hydrogen) atoms. The first-order valence-corrected chi connectivity index (χ1v) is 10.5. The minimum atomic E-state index is -0.0226. The number of amides is 1. The highest BCUT2D eigenvalue weighted by Crippen LogP contribution is 2.30. The number of carbonyl (C=O) groups is 1. The molecule has 8 heteroatoms. The van der Waals surface area contributed by atoms with Gasteiger partial charge in [-0.15, -0.1) is 11.3 Å². The number of aromatic amines is 1. The second-order valence-corrected chi connectivity index (χ2v) is 8.43. The van der Waals surface area contributed by atoms with Crippen molar-refractivity contribution in [2.24, 2.45) is 0 Å². The number of nitrogens with zero attached hydrogens (tertiary/aromatic N) is 4. The molecule has 0 unspecified atom stereocenters. The van der Waals surface area contributed by atoms with Crippen molar-refractivity contribution >= 4 is 28.3 Å². The number of nitrogens with one attached hydrogen (secondary N) is 2. The van der Waals surface area contributed by atoms with E-state index in [9.17, 15) is 4.79 Å². The largest absolute Gasteiger partial charge is 0.346 e. The Kier molecular flexibility index (Phi) is 4.55. The van der Waals surface area contributed by atoms with Crippen LogP contribution >= 0.6 is 11.3 Å². The minimum absolute atomic E-state index is 0.0226. The lowest BCUT2D eigenvalue weighted by atomic mass is 9.99. The third-order valence-corrected chi connectivity index (χ3v) is 6.58. The predicted octanol–water partition coefficient (Wildman–Crippen LogP) is 3.59. The van der Waals surface area contributed by atoms with Crippen LogP contribution in [0, 0.1) is 6.92 Å². The predicted molar refractivity (Wildman–Crippen MR) is 112 cm³/mol. The molecule has 1 amide bonds. The monoisotopic (exact) mass is 404 g/mol. The van der Waals surface area contributed by atoms with Gasteiger partial charge in [0.1, 0.15) is 6.33 Å². The molecule has 0 saturated carbocycles. The van der Waals surface area contributed by atoms with Crippen molar-refractivity contribution < 1.29 is 4.79 Å². The zero-order chi connectivity index (χ0) is 19.8. The van der Waals surface area contributed by atoms with Gasteiger partial charge < -0.3 is 5.32 Å². The Labute approximate surface area is 171 Å². The summed E-state index contributed by atoms with van der Waals surface area (Å²) in [4.78, 5) is 27.9. The van der Waals surface area contributed by atoms with Gasteiger partial charge in [-0.2, -0.15) is 5.10 Å². The molecule has 4 aromatic heterocycles. The van der Waals surface area contributed by atoms with E-state index >= 15 is 0 Å². The molecule has 0 aliphatic heterocycles. The van der Waals surface area contributed by atoms with Crippen molar-refractivity contribution in [2.45, 2.75) is 39.2 Å². The standard InChI is InChI=1S/C21H20N6OS/c1-12-6-14(19-15-9-26-27-20(15)25-11-24-19)8-22-16(12)10-23-21(28)18-7-13-4-2-3-5-17(13)29-18/h6-9,11H,2-5,10H2,1H3,(H,23,28)(H,24,25,26,27). The molecule has 146 valence electrons. The van der Waals surface area contributed by atoms with E-state index in [0.29, 0.717) is 12.2 Å². The van der Waals surface area contributed by atoms with Gasteiger partial charge in [0.25, 0.3) is 5.91 Å². The Morgan fingerprint density at radius 1 is 1.17 bits per heavy atom. The average molecular weight is 404 g/mol. The summed E-state index contributed by atoms with van der Waals surface area (Å²) in [5.74, 6) is -0.0226. The van der Waals surface area contributed by atoms with Gasteiger partial charge in [-0.1, -0.05) is 0 Å². The number of thiophene rings is 1. The molecule has 1 aliphatic carbocycles. The zero-order valence-electron chi connectivity index (χ0n) is 16.0. The summed E-state index contributed by atoms with van der Waals surface area (Å²) >= 11 is 1.63. The van der Waals surface area contributed by atoms with Gasteiger partial charge in [0.05, 0.1) is 34.4 Å². The molecule has 0 bridgehead atoms. The van der Waals surface area contributed by atoms with Crippen molar-refractivity contribution in [1.82, 2.24) is 30.5 Å². The topological polar surface area (TPSA) is 96.4 Å². The highest BCUT2D eigenvalue weighted by Gasteiger charge is 2.17. The normalized spacial score (nSPS) is 13.4. The van der Waals surface area contributed by atoms with Gasteiger partial charge in [0.2, 0.25) is 0 Å². The molecule has 0 radical (unpaired) electrons. The molecule has 0 saturated heterocycles. The molecule has 4 heterocycles. The van der Waals surface area contributed by atoms with Crippen molar-refractivity contribution in [3.63, 3.8) is 0 Å². The maximum Gasteiger partial charge on any atom is 0.261 e. The molecule has 0 aromatic carbocycles. The highest BCUT2D eigenvalue weighted by molar-refractivity contribution is 7.14. The SMILES string of the molecule is Cc1cc(-c2ncnc3[nH]ncc23)cnc1CNC(=O)c1cc2c(s1)CCCC2. The fraction of sp³-hybridized carbons (Fsp3) is 0.286. The van der Waals surface area contributed by atoms with Crippen molar-refractivity contribution in [3.05, 3.63) is 57.4 Å². The first-order valence-electron chi connectivity index (χ1n) is 9.69. The molecule has 4 aromatic rings. The number of aryl methyl sites for hydroxylation is 3. The Morgan fingerprint density at radius 2 is 2.07 bits per heavy atom. The van der Waals surface area contributed by atoms with E-state index in [2.05, 4.69) is 36.5 Å². The number of carbonyl (C=O) groups excluding carboxylic acids is 1. The molecule has 0 atom stereocenters. The lowest BCUT2D eigenvalue weighted by molar-refractivity contribution is 0.0954. The van der Waals surface area contributed by atoms with Gasteiger partial charge in [0.15, 0.2) is 5.65 Å². The van der Waals surface area contributed by atoms with Gasteiger partial charge in [-0.05, 0) is 55.9 Å². The third kappa shape index (κ3) is 3.40. The summed E-state index contributed by atoms with van der Waals surface area (Å²) in [6.45, 7) is 2.40. The minimum Gasteiger partial charge on any atom is -0.346 e. The van der Waals surface area contributed by atoms with E-state index in [0.717, 1.165) is 45.6 Å². The third-order valence-electron chi connectivity index (χ3n) is 5.34. The van der Waals surface area contributed by atoms with Crippen molar-refractivity contribution in [3.8, 4) is 11.3 Å². The van der Waals surface area contributed by atoms with Gasteiger partial charge >= 0.3 is 0 Å². The molecule has 1 aliphatic rings. The summed E-state index contributed by atoms with van der Waals surface area (Å²) in [5, 5.41) is 10.8. The van der Waals surface area contributed by atoms with Crippen LogP contribution in [-0.2, 0) is 19.4 Å². The number of pyridine rings is 1. The lowest BCUT2D eigenvalue weighted by Gasteiger charge is -2.09. The Bertz CT molecular complexity index is 1190. The Morgan fingerprint density at radius 3 is 2.93 bits per heavy atom. The smallest absolute Gasteiger partial charge is 0.261 e. The summed E-state index contributed by atoms with van der Waals surface area (Å²) < 4.78 is 0. The first kappa shape index (κ1) is 17.9. The quantitative estimate of drug-likeness (QED) is 0.542. The van der Waals surface area contributed by atoms with E-state index in [4.69, 9.17) is 0 Å². The van der Waals surface area contributed by atoms with Crippen LogP contribution in [0.4, 0.5) is 0 Å². The second-order valence-electron chi connectivity index (χ2n) is 7.29. The maximum absolute atomic E-state index is 12.6. The molecule has 0 fully saturated rings. The molecule has 0 spiro atoms. The van der Waals surface area contributed by atoms with Crippen molar-refractivity contribution in [2.75, 3.05) is 0 Å². The van der Waals surface area contributed by atoms with Crippen LogP contribution in [0.1, 0.15) is 44.2 Å². The molecular weight excluding hydrogens is 384 g/mol. The molecule has 2 N–H and O–H groups in total. The van der Waals surface area contributed by atoms with Crippen LogP contribution in [0.3, 0.4) is 0 Å². The van der Waals surface area contributed by atoms with Crippen LogP contribution in [0.15, 0.2) is 30.9 Å². The number of hydrogen-bond acceptors (Lipinski definition) is 6. The highest BCUT2D eigenvalue weighted by atomic mass is 32.1. The maximum atomic E-state index is 12.6. The van der Waals surface area contributed by atoms with E-state index in [-0.39, 0.29) is 5.91 Å². The number of fused-ring (bicyclic) bond motifs is 2. The number of H-pyrrole nitrogens is 1. The van der Waals surface area contributed by atoms with Crippen LogP contribution in [0.2, 0.25) is 0 Å². The molecular formula is C21H20N6OS. The molecule has 5 rings (SSSR count). The van der Waals surface area contributed by atoms with E-state index < -0.39 is 0 Å². The number of hydrogen-bond donors (Lipinski definition) is 2. The Hall–Kier alpha value is -3.13. The Balaban J connectivity index is 1.33. The summed E-state index contributed by atoms with van der Waals surface area (Å²) in [6.07, 6.45) is 9.65. The summed E-state index contributed by atoms with van der Waals surface area (Å²) in [7, 11) is 0. The van der Waals surface area contributed by atoms with E-state index in [1.807, 2.05) is 13.0 Å². The van der Waals surface area contributed by atoms with Crippen LogP contribution in [0.5, 0.6) is 0 Å². The summed E-state index contributed by atoms with van der Waals surface area (Å²) in [5.41, 5.74) is 5.59. The van der Waals surface area contributed by atoms with Gasteiger partial charge in [-0.25, -0.2) is 9.97 Å². The fourth-order valence-corrected chi connectivity index (χ4v) is 4.94. The van der Waals surface area contributed by atoms with Crippen LogP contribution in [0.25, 0.3) is 22.3 Å². The zero-order valence-corrected chi connectivity index (χ0v) is 16.8. The number of rotatable bonds is 4. The molecule has 7 nitrogen and oxygen atoms in total. The second kappa shape index (κ2) is 7.36. The van der Waals surface area contributed by atoms with Crippen LogP contribution in [-0.4, -0.2) is 31.1 Å². The lowest BCUT2D eigenvalue weighted by Crippen LogP contribution is -2.23. The van der Waals surface area contributed by atoms with Gasteiger partial charge in [-0.3, -0.25) is 14.9 Å². The van der Waals surface area contributed by atoms with E-state index in [1.165, 1.54) is 29.6 Å². The van der Waals surface area contributed by atoms with Gasteiger partial charge in [0, 0.05) is 16.6 Å². The number of aromatic nitrogens is 5. The summed E-state index contributed by atoms with van der Waals surface area (Å²) in [6, 6.07) is 4.09. The first-order chi connectivity index (χ1) is 14.2. The van der Waals surface area contributed by atoms with E-state index in [1.54, 1.807) is 23.7 Å². The van der Waals surface area contributed by atoms with Crippen molar-refractivity contribution in [1.29, 1.82) is 0 Å². The van der Waals surface area contributed by atoms with Crippen LogP contribution < -0.4 is 5.32 Å².